The highest BCUT2D eigenvalue weighted by molar-refractivity contribution is 5.81. The van der Waals surface area contributed by atoms with E-state index in [-0.39, 0.29) is 11.1 Å². The van der Waals surface area contributed by atoms with Gasteiger partial charge in [-0.2, -0.15) is 13.2 Å². The zero-order chi connectivity index (χ0) is 16.2. The Balaban J connectivity index is 2.06. The summed E-state index contributed by atoms with van der Waals surface area (Å²) >= 11 is 0. The number of alkyl halides is 3. The Morgan fingerprint density at radius 3 is 2.50 bits per heavy atom. The Hall–Kier alpha value is -2.44. The number of benzene rings is 2. The van der Waals surface area contributed by atoms with Gasteiger partial charge in [0.1, 0.15) is 24.5 Å². The summed E-state index contributed by atoms with van der Waals surface area (Å²) in [5, 5.41) is 3.24. The highest BCUT2D eigenvalue weighted by atomic mass is 19.4. The van der Waals surface area contributed by atoms with Crippen LogP contribution in [0.5, 0.6) is 0 Å². The van der Waals surface area contributed by atoms with Crippen molar-refractivity contribution in [3.05, 3.63) is 70.8 Å². The molecule has 2 aromatic carbocycles. The van der Waals surface area contributed by atoms with Crippen molar-refractivity contribution in [3.63, 3.8) is 0 Å². The van der Waals surface area contributed by atoms with E-state index in [9.17, 15) is 22.0 Å². The highest BCUT2D eigenvalue weighted by Gasteiger charge is 2.32. The van der Waals surface area contributed by atoms with Crippen LogP contribution in [-0.4, -0.2) is 6.21 Å². The predicted octanol–water partition coefficient (Wildman–Crippen LogP) is 4.41. The van der Waals surface area contributed by atoms with E-state index in [1.165, 1.54) is 18.2 Å². The van der Waals surface area contributed by atoms with Crippen molar-refractivity contribution in [2.45, 2.75) is 12.8 Å². The Kier molecular flexibility index (Phi) is 4.75. The van der Waals surface area contributed by atoms with Gasteiger partial charge < -0.3 is 4.84 Å². The fraction of sp³-hybridized carbons (Fsp3) is 0.133. The third kappa shape index (κ3) is 4.03. The van der Waals surface area contributed by atoms with E-state index in [2.05, 4.69) is 16.2 Å². The zero-order valence-electron chi connectivity index (χ0n) is 11.0. The van der Waals surface area contributed by atoms with Crippen LogP contribution in [-0.2, 0) is 17.6 Å². The average Bonchev–Trinajstić information content (AvgIpc) is 2.46. The van der Waals surface area contributed by atoms with Gasteiger partial charge in [0, 0.05) is 11.1 Å². The van der Waals surface area contributed by atoms with Gasteiger partial charge in [-0.3, -0.25) is 0 Å². The SMILES string of the molecule is Fc1ccc(F)c(CO/N=[C]\c2ccccc2C(F)(F)F)c1. The van der Waals surface area contributed by atoms with Gasteiger partial charge in [0.2, 0.25) is 0 Å². The van der Waals surface area contributed by atoms with Crippen LogP contribution in [0.25, 0.3) is 0 Å². The summed E-state index contributed by atoms with van der Waals surface area (Å²) in [6.07, 6.45) is -2.46. The van der Waals surface area contributed by atoms with E-state index >= 15 is 0 Å². The van der Waals surface area contributed by atoms with Gasteiger partial charge in [-0.15, -0.1) is 0 Å². The summed E-state index contributed by atoms with van der Waals surface area (Å²) in [5.74, 6) is -1.36. The van der Waals surface area contributed by atoms with Crippen molar-refractivity contribution < 1.29 is 26.8 Å². The number of rotatable bonds is 4. The molecule has 2 nitrogen and oxygen atoms in total. The summed E-state index contributed by atoms with van der Waals surface area (Å²) in [7, 11) is 0. The second-order valence-electron chi connectivity index (χ2n) is 4.26. The lowest BCUT2D eigenvalue weighted by atomic mass is 10.1. The molecule has 0 unspecified atom stereocenters. The topological polar surface area (TPSA) is 21.6 Å². The minimum absolute atomic E-state index is 0.102. The molecule has 0 spiro atoms. The first-order valence-corrected chi connectivity index (χ1v) is 6.06. The minimum atomic E-state index is -4.55. The van der Waals surface area contributed by atoms with Crippen LogP contribution in [0.2, 0.25) is 0 Å². The standard InChI is InChI=1S/C15H9F5NO/c16-12-5-6-14(17)11(7-12)9-22-21-8-10-3-1-2-4-13(10)15(18,19)20/h1-7H,9H2. The normalized spacial score (nSPS) is 11.9. The molecule has 22 heavy (non-hydrogen) atoms. The molecule has 0 saturated carbocycles. The second-order valence-corrected chi connectivity index (χ2v) is 4.26. The molecule has 0 atom stereocenters. The van der Waals surface area contributed by atoms with Gasteiger partial charge in [-0.1, -0.05) is 23.4 Å². The molecule has 1 radical (unpaired) electrons. The Labute approximate surface area is 122 Å². The van der Waals surface area contributed by atoms with Gasteiger partial charge >= 0.3 is 6.18 Å². The lowest BCUT2D eigenvalue weighted by Crippen LogP contribution is -2.08. The first-order valence-electron chi connectivity index (χ1n) is 6.06. The van der Waals surface area contributed by atoms with Crippen LogP contribution in [0.1, 0.15) is 16.7 Å². The maximum Gasteiger partial charge on any atom is 0.417 e. The largest absolute Gasteiger partial charge is 0.417 e. The number of hydrogen-bond donors (Lipinski definition) is 0. The molecule has 0 N–H and O–H groups in total. The molecule has 0 amide bonds. The fourth-order valence-corrected chi connectivity index (χ4v) is 1.66. The molecule has 115 valence electrons. The Bertz CT molecular complexity index is 682. The van der Waals surface area contributed by atoms with E-state index in [0.717, 1.165) is 24.3 Å². The molecule has 2 rings (SSSR count). The number of nitrogens with zero attached hydrogens (tertiary/aromatic N) is 1. The van der Waals surface area contributed by atoms with Crippen LogP contribution >= 0.6 is 0 Å². The summed E-state index contributed by atoms with van der Waals surface area (Å²) in [4.78, 5) is 4.67. The summed E-state index contributed by atoms with van der Waals surface area (Å²) < 4.78 is 64.3. The Morgan fingerprint density at radius 1 is 1.05 bits per heavy atom. The quantitative estimate of drug-likeness (QED) is 0.465. The molecule has 0 aromatic heterocycles. The van der Waals surface area contributed by atoms with Crippen LogP contribution in [0.3, 0.4) is 0 Å². The molecular weight excluding hydrogens is 305 g/mol. The van der Waals surface area contributed by atoms with E-state index < -0.39 is 30.0 Å². The molecule has 0 aliphatic heterocycles. The summed E-state index contributed by atoms with van der Waals surface area (Å²) in [6, 6.07) is 7.43. The molecule has 0 bridgehead atoms. The van der Waals surface area contributed by atoms with Crippen molar-refractivity contribution in [2.75, 3.05) is 0 Å². The lowest BCUT2D eigenvalue weighted by molar-refractivity contribution is -0.137. The smallest absolute Gasteiger partial charge is 0.390 e. The van der Waals surface area contributed by atoms with Gasteiger partial charge in [0.05, 0.1) is 5.56 Å². The molecule has 0 fully saturated rings. The van der Waals surface area contributed by atoms with E-state index in [1.807, 2.05) is 0 Å². The summed E-state index contributed by atoms with van der Waals surface area (Å²) in [6.45, 7) is -0.426. The van der Waals surface area contributed by atoms with E-state index in [4.69, 9.17) is 0 Å². The van der Waals surface area contributed by atoms with Crippen molar-refractivity contribution in [2.24, 2.45) is 5.16 Å². The number of halogens is 5. The first-order chi connectivity index (χ1) is 10.4. The maximum atomic E-state index is 13.3. The van der Waals surface area contributed by atoms with Crippen LogP contribution in [0.4, 0.5) is 22.0 Å². The third-order valence-corrected chi connectivity index (χ3v) is 2.69. The fourth-order valence-electron chi connectivity index (χ4n) is 1.66. The third-order valence-electron chi connectivity index (χ3n) is 2.69. The van der Waals surface area contributed by atoms with Crippen molar-refractivity contribution in [1.29, 1.82) is 0 Å². The molecule has 0 heterocycles. The molecule has 2 aromatic rings. The molecular formula is C15H9F5NO. The molecule has 0 aliphatic rings. The summed E-state index contributed by atoms with van der Waals surface area (Å²) in [5.41, 5.74) is -1.33. The van der Waals surface area contributed by atoms with Gasteiger partial charge in [0.15, 0.2) is 0 Å². The van der Waals surface area contributed by atoms with Crippen LogP contribution < -0.4 is 0 Å². The van der Waals surface area contributed by atoms with Crippen molar-refractivity contribution in [3.8, 4) is 0 Å². The molecule has 0 saturated heterocycles. The van der Waals surface area contributed by atoms with Crippen LogP contribution in [0, 0.1) is 11.6 Å². The zero-order valence-corrected chi connectivity index (χ0v) is 11.0. The van der Waals surface area contributed by atoms with E-state index in [1.54, 1.807) is 0 Å². The second kappa shape index (κ2) is 6.55. The van der Waals surface area contributed by atoms with Crippen molar-refractivity contribution >= 4 is 6.21 Å². The Morgan fingerprint density at radius 2 is 1.77 bits per heavy atom. The van der Waals surface area contributed by atoms with Gasteiger partial charge in [0.25, 0.3) is 0 Å². The monoisotopic (exact) mass is 314 g/mol. The maximum absolute atomic E-state index is 13.3. The average molecular weight is 314 g/mol. The molecule has 7 heteroatoms. The van der Waals surface area contributed by atoms with Crippen molar-refractivity contribution in [1.82, 2.24) is 0 Å². The van der Waals surface area contributed by atoms with Crippen LogP contribution in [0.15, 0.2) is 47.6 Å². The lowest BCUT2D eigenvalue weighted by Gasteiger charge is -2.08. The van der Waals surface area contributed by atoms with E-state index in [0.29, 0.717) is 0 Å². The molecule has 0 aliphatic carbocycles. The van der Waals surface area contributed by atoms with Gasteiger partial charge in [-0.25, -0.2) is 8.78 Å². The first kappa shape index (κ1) is 15.9. The van der Waals surface area contributed by atoms with Gasteiger partial charge in [-0.05, 0) is 24.3 Å². The number of hydrogen-bond acceptors (Lipinski definition) is 2. The minimum Gasteiger partial charge on any atom is -0.390 e. The predicted molar refractivity (Wildman–Crippen MR) is 69.1 cm³/mol. The highest BCUT2D eigenvalue weighted by Crippen LogP contribution is 2.31.